The van der Waals surface area contributed by atoms with Gasteiger partial charge in [-0.05, 0) is 39.6 Å². The predicted molar refractivity (Wildman–Crippen MR) is 142 cm³/mol. The SMILES string of the molecule is OB(O)c1cccc(-c2ccccc2)c1.OB(O)c1cccc(Br)c1.OB(O)c1ccccc1. The summed E-state index contributed by atoms with van der Waals surface area (Å²) in [6.07, 6.45) is 0. The molecule has 0 radical (unpaired) electrons. The van der Waals surface area contributed by atoms with Crippen LogP contribution >= 0.6 is 15.9 Å². The van der Waals surface area contributed by atoms with Crippen LogP contribution in [0.4, 0.5) is 0 Å². The van der Waals surface area contributed by atoms with Crippen LogP contribution in [0.25, 0.3) is 11.1 Å². The number of halogens is 1. The van der Waals surface area contributed by atoms with E-state index in [1.807, 2.05) is 54.6 Å². The summed E-state index contributed by atoms with van der Waals surface area (Å²) in [4.78, 5) is 0. The van der Waals surface area contributed by atoms with E-state index in [1.165, 1.54) is 0 Å². The highest BCUT2D eigenvalue weighted by Crippen LogP contribution is 2.16. The molecule has 6 N–H and O–H groups in total. The molecule has 0 aliphatic rings. The van der Waals surface area contributed by atoms with Crippen LogP contribution in [-0.4, -0.2) is 51.5 Å². The Morgan fingerprint density at radius 2 is 0.824 bits per heavy atom. The van der Waals surface area contributed by atoms with Crippen molar-refractivity contribution in [3.8, 4) is 11.1 Å². The summed E-state index contributed by atoms with van der Waals surface area (Å²) >= 11 is 3.21. The molecule has 0 saturated carbocycles. The Hall–Kier alpha value is -2.69. The molecule has 4 aromatic rings. The summed E-state index contributed by atoms with van der Waals surface area (Å²) in [6.45, 7) is 0. The minimum atomic E-state index is -1.41. The molecule has 0 atom stereocenters. The van der Waals surface area contributed by atoms with E-state index in [4.69, 9.17) is 30.1 Å². The van der Waals surface area contributed by atoms with Gasteiger partial charge in [-0.15, -0.1) is 0 Å². The minimum Gasteiger partial charge on any atom is -0.423 e. The van der Waals surface area contributed by atoms with Gasteiger partial charge in [-0.3, -0.25) is 0 Å². The van der Waals surface area contributed by atoms with Crippen LogP contribution < -0.4 is 16.4 Å². The maximum absolute atomic E-state index is 9.05. The maximum Gasteiger partial charge on any atom is 0.488 e. The molecule has 0 spiro atoms. The van der Waals surface area contributed by atoms with Gasteiger partial charge < -0.3 is 30.1 Å². The van der Waals surface area contributed by atoms with Crippen molar-refractivity contribution in [2.45, 2.75) is 0 Å². The van der Waals surface area contributed by atoms with Crippen molar-refractivity contribution in [2.24, 2.45) is 0 Å². The maximum atomic E-state index is 9.05. The molecule has 4 aromatic carbocycles. The zero-order valence-electron chi connectivity index (χ0n) is 18.2. The Bertz CT molecular complexity index is 1120. The van der Waals surface area contributed by atoms with Gasteiger partial charge in [-0.1, -0.05) is 113 Å². The van der Waals surface area contributed by atoms with Gasteiger partial charge in [-0.25, -0.2) is 0 Å². The Kier molecular flexibility index (Phi) is 11.8. The Balaban J connectivity index is 0.000000189. The van der Waals surface area contributed by atoms with E-state index in [2.05, 4.69) is 15.9 Å². The lowest BCUT2D eigenvalue weighted by Gasteiger charge is -2.04. The monoisotopic (exact) mass is 520 g/mol. The van der Waals surface area contributed by atoms with Gasteiger partial charge in [0.15, 0.2) is 0 Å². The van der Waals surface area contributed by atoms with Crippen molar-refractivity contribution in [1.29, 1.82) is 0 Å². The molecule has 0 heterocycles. The first-order valence-corrected chi connectivity index (χ1v) is 11.1. The van der Waals surface area contributed by atoms with Crippen molar-refractivity contribution >= 4 is 53.7 Å². The minimum absolute atomic E-state index is 0.495. The van der Waals surface area contributed by atoms with E-state index in [0.717, 1.165) is 15.6 Å². The standard InChI is InChI=1S/C12H11BO2.C6H6BBrO2.C6H7BO2/c14-13(15)12-8-4-7-11(9-12)10-5-2-1-3-6-10;8-6-3-1-2-5(4-6)7(9)10;8-7(9)6-4-2-1-3-5-6/h1-9,14-15H;1-4,9-10H;1-5,8-9H. The van der Waals surface area contributed by atoms with E-state index in [1.54, 1.807) is 54.6 Å². The third-order valence-corrected chi connectivity index (χ3v) is 5.03. The van der Waals surface area contributed by atoms with E-state index in [9.17, 15) is 0 Å². The molecular weight excluding hydrogens is 497 g/mol. The normalized spacial score (nSPS) is 9.62. The van der Waals surface area contributed by atoms with Gasteiger partial charge in [0.05, 0.1) is 0 Å². The molecule has 0 aromatic heterocycles. The largest absolute Gasteiger partial charge is 0.488 e. The highest BCUT2D eigenvalue weighted by Gasteiger charge is 2.11. The fourth-order valence-corrected chi connectivity index (χ4v) is 3.22. The van der Waals surface area contributed by atoms with Gasteiger partial charge >= 0.3 is 21.4 Å². The van der Waals surface area contributed by atoms with Crippen LogP contribution in [0.1, 0.15) is 0 Å². The van der Waals surface area contributed by atoms with Crippen LogP contribution in [0.3, 0.4) is 0 Å². The first-order chi connectivity index (χ1) is 16.3. The number of hydrogen-bond acceptors (Lipinski definition) is 6. The second kappa shape index (κ2) is 14.5. The average molecular weight is 521 g/mol. The van der Waals surface area contributed by atoms with Gasteiger partial charge in [0.1, 0.15) is 0 Å². The highest BCUT2D eigenvalue weighted by molar-refractivity contribution is 9.10. The van der Waals surface area contributed by atoms with Gasteiger partial charge in [0, 0.05) is 4.47 Å². The van der Waals surface area contributed by atoms with Gasteiger partial charge in [-0.2, -0.15) is 0 Å². The van der Waals surface area contributed by atoms with Crippen molar-refractivity contribution in [3.05, 3.63) is 114 Å². The third kappa shape index (κ3) is 9.66. The van der Waals surface area contributed by atoms with E-state index < -0.39 is 21.4 Å². The summed E-state index contributed by atoms with van der Waals surface area (Å²) in [6, 6.07) is 32.6. The summed E-state index contributed by atoms with van der Waals surface area (Å²) in [5.74, 6) is 0. The quantitative estimate of drug-likeness (QED) is 0.218. The molecular formula is C24H24B3BrO6. The summed E-state index contributed by atoms with van der Waals surface area (Å²) in [7, 11) is -4.13. The van der Waals surface area contributed by atoms with Crippen LogP contribution in [0.15, 0.2) is 114 Å². The zero-order valence-corrected chi connectivity index (χ0v) is 19.8. The molecule has 0 aliphatic carbocycles. The zero-order chi connectivity index (χ0) is 24.9. The van der Waals surface area contributed by atoms with Crippen molar-refractivity contribution < 1.29 is 30.1 Å². The molecule has 172 valence electrons. The van der Waals surface area contributed by atoms with Gasteiger partial charge in [0.2, 0.25) is 0 Å². The molecule has 0 saturated heterocycles. The average Bonchev–Trinajstić information content (AvgIpc) is 2.86. The molecule has 0 fully saturated rings. The fourth-order valence-electron chi connectivity index (χ4n) is 2.80. The van der Waals surface area contributed by atoms with Gasteiger partial charge in [0.25, 0.3) is 0 Å². The molecule has 0 amide bonds. The fraction of sp³-hybridized carbons (Fsp3) is 0. The number of rotatable bonds is 4. The molecule has 34 heavy (non-hydrogen) atoms. The number of hydrogen-bond donors (Lipinski definition) is 6. The second-order valence-electron chi connectivity index (χ2n) is 7.08. The first kappa shape index (κ1) is 27.6. The Morgan fingerprint density at radius 1 is 0.412 bits per heavy atom. The van der Waals surface area contributed by atoms with Crippen LogP contribution in [0.2, 0.25) is 0 Å². The van der Waals surface area contributed by atoms with E-state index in [-0.39, 0.29) is 0 Å². The summed E-state index contributed by atoms with van der Waals surface area (Å²) in [5.41, 5.74) is 3.59. The van der Waals surface area contributed by atoms with E-state index >= 15 is 0 Å². The van der Waals surface area contributed by atoms with Crippen LogP contribution in [0.5, 0.6) is 0 Å². The topological polar surface area (TPSA) is 121 Å². The van der Waals surface area contributed by atoms with Crippen molar-refractivity contribution in [3.63, 3.8) is 0 Å². The third-order valence-electron chi connectivity index (χ3n) is 4.54. The lowest BCUT2D eigenvalue weighted by molar-refractivity contribution is 0.424. The Morgan fingerprint density at radius 3 is 1.26 bits per heavy atom. The van der Waals surface area contributed by atoms with Crippen LogP contribution in [-0.2, 0) is 0 Å². The highest BCUT2D eigenvalue weighted by atomic mass is 79.9. The lowest BCUT2D eigenvalue weighted by Crippen LogP contribution is -2.29. The molecule has 0 unspecified atom stereocenters. The van der Waals surface area contributed by atoms with Crippen molar-refractivity contribution in [1.82, 2.24) is 0 Å². The number of benzene rings is 4. The smallest absolute Gasteiger partial charge is 0.423 e. The predicted octanol–water partition coefficient (Wildman–Crippen LogP) is 0.529. The first-order valence-electron chi connectivity index (χ1n) is 10.3. The second-order valence-corrected chi connectivity index (χ2v) is 7.99. The molecule has 0 aliphatic heterocycles. The van der Waals surface area contributed by atoms with Crippen molar-refractivity contribution in [2.75, 3.05) is 0 Å². The molecule has 0 bridgehead atoms. The summed E-state index contributed by atoms with van der Waals surface area (Å²) in [5, 5.41) is 52.6. The molecule has 6 nitrogen and oxygen atoms in total. The van der Waals surface area contributed by atoms with Crippen LogP contribution in [0, 0.1) is 0 Å². The molecule has 4 rings (SSSR count). The van der Waals surface area contributed by atoms with E-state index in [0.29, 0.717) is 16.4 Å². The lowest BCUT2D eigenvalue weighted by atomic mass is 9.79. The summed E-state index contributed by atoms with van der Waals surface area (Å²) < 4.78 is 0.845. The Labute approximate surface area is 208 Å². The molecule has 10 heteroatoms.